The predicted octanol–water partition coefficient (Wildman–Crippen LogP) is 6.52. The zero-order valence-corrected chi connectivity index (χ0v) is 25.2. The van der Waals surface area contributed by atoms with Crippen LogP contribution in [-0.4, -0.2) is 52.7 Å². The number of Topliss-reactive ketones (excluding diaryl/α,β-unsaturated/α-hetero) is 1. The molecule has 1 aromatic carbocycles. The number of halogens is 2. The predicted molar refractivity (Wildman–Crippen MR) is 156 cm³/mol. The number of aliphatic hydroxyl groups is 2. The minimum atomic E-state index is -0.839. The third-order valence-corrected chi connectivity index (χ3v) is 12.9. The molecular weight excluding hydrogens is 525 g/mol. The highest BCUT2D eigenvalue weighted by Gasteiger charge is 2.74. The van der Waals surface area contributed by atoms with E-state index in [2.05, 4.69) is 50.9 Å². The Balaban J connectivity index is 1.48. The lowest BCUT2D eigenvalue weighted by Gasteiger charge is -2.71. The Labute approximate surface area is 243 Å². The van der Waals surface area contributed by atoms with Gasteiger partial charge in [0, 0.05) is 45.4 Å². The molecule has 2 spiro atoms. The molecule has 8 atom stereocenters. The summed E-state index contributed by atoms with van der Waals surface area (Å²) >= 11 is 6.40. The first-order chi connectivity index (χ1) is 18.9. The molecule has 4 nitrogen and oxygen atoms in total. The number of hydrogen-bond donors (Lipinski definition) is 2. The van der Waals surface area contributed by atoms with Crippen LogP contribution >= 0.6 is 11.6 Å². The smallest absolute Gasteiger partial charge is 0.164 e. The van der Waals surface area contributed by atoms with E-state index in [9.17, 15) is 19.4 Å². The number of carbonyl (C=O) groups is 1. The van der Waals surface area contributed by atoms with E-state index in [-0.39, 0.29) is 45.5 Å². The van der Waals surface area contributed by atoms with Gasteiger partial charge >= 0.3 is 0 Å². The lowest BCUT2D eigenvalue weighted by atomic mass is 9.32. The average molecular weight is 570 g/mol. The Morgan fingerprint density at radius 3 is 2.52 bits per heavy atom. The lowest BCUT2D eigenvalue weighted by molar-refractivity contribution is -0.178. The quantitative estimate of drug-likeness (QED) is 0.367. The molecule has 0 radical (unpaired) electrons. The second-order valence-corrected chi connectivity index (χ2v) is 14.8. The van der Waals surface area contributed by atoms with Crippen molar-refractivity contribution in [2.75, 3.05) is 20.1 Å². The van der Waals surface area contributed by atoms with Crippen molar-refractivity contribution >= 4 is 17.4 Å². The van der Waals surface area contributed by atoms with Gasteiger partial charge in [-0.3, -0.25) is 4.79 Å². The first-order valence-electron chi connectivity index (χ1n) is 15.3. The van der Waals surface area contributed by atoms with Gasteiger partial charge in [0.2, 0.25) is 0 Å². The monoisotopic (exact) mass is 569 g/mol. The first-order valence-corrected chi connectivity index (χ1v) is 15.7. The molecule has 8 unspecified atom stereocenters. The van der Waals surface area contributed by atoms with Gasteiger partial charge in [-0.05, 0) is 94.3 Å². The van der Waals surface area contributed by atoms with E-state index in [4.69, 9.17) is 11.6 Å². The van der Waals surface area contributed by atoms with Crippen molar-refractivity contribution in [2.45, 2.75) is 90.3 Å². The number of allylic oxidation sites excluding steroid dienone is 4. The van der Waals surface area contributed by atoms with Crippen LogP contribution in [0.3, 0.4) is 0 Å². The van der Waals surface area contributed by atoms with Crippen molar-refractivity contribution in [3.05, 3.63) is 58.4 Å². The summed E-state index contributed by atoms with van der Waals surface area (Å²) in [6, 6.07) is 4.58. The van der Waals surface area contributed by atoms with Gasteiger partial charge in [-0.2, -0.15) is 0 Å². The summed E-state index contributed by atoms with van der Waals surface area (Å²) in [6.07, 6.45) is 13.1. The summed E-state index contributed by atoms with van der Waals surface area (Å²) in [5.41, 5.74) is -1.17. The highest BCUT2D eigenvalue weighted by atomic mass is 35.5. The van der Waals surface area contributed by atoms with Crippen molar-refractivity contribution in [3.63, 3.8) is 0 Å². The van der Waals surface area contributed by atoms with Gasteiger partial charge in [-0.25, -0.2) is 4.39 Å². The Morgan fingerprint density at radius 2 is 1.80 bits per heavy atom. The van der Waals surface area contributed by atoms with Crippen LogP contribution in [0.4, 0.5) is 4.39 Å². The van der Waals surface area contributed by atoms with E-state index in [0.717, 1.165) is 50.6 Å². The van der Waals surface area contributed by atoms with Gasteiger partial charge in [0.15, 0.2) is 5.78 Å². The van der Waals surface area contributed by atoms with Crippen LogP contribution < -0.4 is 0 Å². The van der Waals surface area contributed by atoms with Crippen molar-refractivity contribution in [2.24, 2.45) is 33.5 Å². The van der Waals surface area contributed by atoms with Crippen molar-refractivity contribution in [1.82, 2.24) is 4.90 Å². The molecule has 0 amide bonds. The van der Waals surface area contributed by atoms with Gasteiger partial charge < -0.3 is 15.1 Å². The SMILES string of the molecule is CCCN(C)CC1(O)CCC2C34C=CC5(C=C3C(=O)Cc3c(F)cccc3Cl)CC(O)CCC5(C)C4CCC21C. The molecule has 7 rings (SSSR count). The van der Waals surface area contributed by atoms with E-state index < -0.39 is 28.4 Å². The molecule has 0 aromatic heterocycles. The van der Waals surface area contributed by atoms with Crippen LogP contribution in [0.5, 0.6) is 0 Å². The van der Waals surface area contributed by atoms with Crippen molar-refractivity contribution < 1.29 is 19.4 Å². The first kappa shape index (κ1) is 28.6. The lowest BCUT2D eigenvalue weighted by Crippen LogP contribution is -2.67. The maximum absolute atomic E-state index is 14.9. The second kappa shape index (κ2) is 9.49. The standard InChI is InChI=1S/C34H45ClFNO3/c1-5-17-37(4)21-33(40)14-11-29-31(33,3)13-10-28-30(2)12-9-22(38)19-32(30)15-16-34(28,29)24(20-32)27(39)18-23-25(35)7-6-8-26(23)36/h6-8,15-16,20,22,28-29,38,40H,5,9-14,17-19,21H2,1-4H3. The Bertz CT molecular complexity index is 1260. The summed E-state index contributed by atoms with van der Waals surface area (Å²) in [6.45, 7) is 8.38. The molecule has 2 bridgehead atoms. The molecule has 3 fully saturated rings. The molecule has 6 aliphatic carbocycles. The number of ketones is 1. The van der Waals surface area contributed by atoms with E-state index >= 15 is 0 Å². The topological polar surface area (TPSA) is 60.8 Å². The van der Waals surface area contributed by atoms with E-state index in [1.807, 2.05) is 0 Å². The van der Waals surface area contributed by atoms with E-state index in [1.54, 1.807) is 12.1 Å². The zero-order valence-electron chi connectivity index (χ0n) is 24.5. The Kier molecular flexibility index (Phi) is 6.78. The fourth-order valence-electron chi connectivity index (χ4n) is 10.5. The number of likely N-dealkylation sites (N-methyl/N-ethyl adjacent to an activating group) is 1. The highest BCUT2D eigenvalue weighted by Crippen LogP contribution is 2.78. The fraction of sp³-hybridized carbons (Fsp3) is 0.676. The molecule has 6 heteroatoms. The van der Waals surface area contributed by atoms with Crippen LogP contribution in [0.15, 0.2) is 42.0 Å². The van der Waals surface area contributed by atoms with Gasteiger partial charge in [-0.1, -0.05) is 56.7 Å². The second-order valence-electron chi connectivity index (χ2n) is 14.3. The Morgan fingerprint density at radius 1 is 1.10 bits per heavy atom. The number of hydrogen-bond acceptors (Lipinski definition) is 4. The van der Waals surface area contributed by atoms with Gasteiger partial charge in [0.25, 0.3) is 0 Å². The molecule has 0 saturated heterocycles. The largest absolute Gasteiger partial charge is 0.393 e. The maximum atomic E-state index is 14.9. The molecule has 0 heterocycles. The van der Waals surface area contributed by atoms with Crippen LogP contribution in [0, 0.1) is 39.3 Å². The maximum Gasteiger partial charge on any atom is 0.164 e. The fourth-order valence-corrected chi connectivity index (χ4v) is 10.8. The molecule has 3 saturated carbocycles. The average Bonchev–Trinajstić information content (AvgIpc) is 3.16. The highest BCUT2D eigenvalue weighted by molar-refractivity contribution is 6.31. The third kappa shape index (κ3) is 3.69. The third-order valence-electron chi connectivity index (χ3n) is 12.5. The summed E-state index contributed by atoms with van der Waals surface area (Å²) in [5, 5.41) is 23.5. The number of fused-ring (bicyclic) bond motifs is 1. The number of benzene rings is 1. The van der Waals surface area contributed by atoms with Crippen LogP contribution in [0.1, 0.15) is 77.7 Å². The number of rotatable bonds is 7. The summed E-state index contributed by atoms with van der Waals surface area (Å²) < 4.78 is 14.9. The summed E-state index contributed by atoms with van der Waals surface area (Å²) in [7, 11) is 2.10. The van der Waals surface area contributed by atoms with Crippen molar-refractivity contribution in [1.29, 1.82) is 0 Å². The molecule has 1 aromatic rings. The molecule has 40 heavy (non-hydrogen) atoms. The van der Waals surface area contributed by atoms with Crippen LogP contribution in [0.25, 0.3) is 0 Å². The molecular formula is C34H45ClFNO3. The summed E-state index contributed by atoms with van der Waals surface area (Å²) in [4.78, 5) is 16.7. The Hall–Kier alpha value is -1.53. The minimum absolute atomic E-state index is 0.0781. The van der Waals surface area contributed by atoms with Gasteiger partial charge in [0.05, 0.1) is 11.7 Å². The van der Waals surface area contributed by atoms with Crippen LogP contribution in [0.2, 0.25) is 5.02 Å². The summed E-state index contributed by atoms with van der Waals surface area (Å²) in [5.74, 6) is -0.203. The molecule has 218 valence electrons. The minimum Gasteiger partial charge on any atom is -0.393 e. The van der Waals surface area contributed by atoms with E-state index in [0.29, 0.717) is 19.4 Å². The number of carbonyl (C=O) groups excluding carboxylic acids is 1. The zero-order chi connectivity index (χ0) is 28.7. The van der Waals surface area contributed by atoms with E-state index in [1.165, 1.54) is 6.07 Å². The molecule has 0 aliphatic heterocycles. The van der Waals surface area contributed by atoms with Crippen molar-refractivity contribution in [3.8, 4) is 0 Å². The normalized spacial score (nSPS) is 43.3. The molecule has 6 aliphatic rings. The number of nitrogens with zero attached hydrogens (tertiary/aromatic N) is 1. The van der Waals surface area contributed by atoms with Crippen LogP contribution in [-0.2, 0) is 11.2 Å². The molecule has 2 N–H and O–H groups in total. The number of aliphatic hydroxyl groups excluding tert-OH is 1. The van der Waals surface area contributed by atoms with Gasteiger partial charge in [0.1, 0.15) is 5.82 Å². The van der Waals surface area contributed by atoms with Gasteiger partial charge in [-0.15, -0.1) is 0 Å².